The zero-order chi connectivity index (χ0) is 45.8. The molecule has 0 bridgehead atoms. The van der Waals surface area contributed by atoms with Crippen molar-refractivity contribution in [1.82, 2.24) is 0 Å². The lowest BCUT2D eigenvalue weighted by atomic mass is 9.90. The maximum absolute atomic E-state index is 5.50. The molecule has 68 heavy (non-hydrogen) atoms. The maximum atomic E-state index is 5.50. The Hall–Kier alpha value is -7.82. The summed E-state index contributed by atoms with van der Waals surface area (Å²) < 4.78 is 11.0. The summed E-state index contributed by atoms with van der Waals surface area (Å²) in [6.07, 6.45) is 18.4. The molecular weight excluding hydrogens is 829 g/mol. The van der Waals surface area contributed by atoms with Gasteiger partial charge in [0.2, 0.25) is 0 Å². The van der Waals surface area contributed by atoms with Crippen molar-refractivity contribution in [3.8, 4) is 11.5 Å². The topological polar surface area (TPSA) is 24.9 Å². The molecule has 0 aromatic heterocycles. The molecule has 0 aliphatic heterocycles. The van der Waals surface area contributed by atoms with Gasteiger partial charge in [-0.05, 0) is 227 Å². The molecule has 4 nitrogen and oxygen atoms in total. The highest BCUT2D eigenvalue weighted by molar-refractivity contribution is 6.00. The van der Waals surface area contributed by atoms with E-state index in [2.05, 4.69) is 192 Å². The second kappa shape index (κ2) is 19.2. The molecular formula is C64H56N2O2. The van der Waals surface area contributed by atoms with E-state index >= 15 is 0 Å². The van der Waals surface area contributed by atoms with E-state index in [4.69, 9.17) is 9.47 Å². The molecule has 334 valence electrons. The average Bonchev–Trinajstić information content (AvgIpc) is 3.40. The van der Waals surface area contributed by atoms with Crippen molar-refractivity contribution in [1.29, 1.82) is 0 Å². The normalized spacial score (nSPS) is 13.4. The highest BCUT2D eigenvalue weighted by atomic mass is 16.5. The summed E-state index contributed by atoms with van der Waals surface area (Å²) in [5.74, 6) is 1.72. The minimum absolute atomic E-state index is 0.859. The molecule has 0 radical (unpaired) electrons. The van der Waals surface area contributed by atoms with Crippen LogP contribution < -0.4 is 19.3 Å². The number of rotatable bonds is 12. The summed E-state index contributed by atoms with van der Waals surface area (Å²) in [5, 5.41) is 4.94. The predicted octanol–water partition coefficient (Wildman–Crippen LogP) is 17.0. The highest BCUT2D eigenvalue weighted by Crippen LogP contribution is 2.42. The van der Waals surface area contributed by atoms with Crippen molar-refractivity contribution in [3.05, 3.63) is 226 Å². The number of methoxy groups -OCH3 is 2. The second-order valence-corrected chi connectivity index (χ2v) is 18.2. The Morgan fingerprint density at radius 2 is 0.691 bits per heavy atom. The summed E-state index contributed by atoms with van der Waals surface area (Å²) in [7, 11) is 3.44. The molecule has 2 aliphatic carbocycles. The quantitative estimate of drug-likeness (QED) is 0.0901. The number of aryl methyl sites for hydroxylation is 2. The van der Waals surface area contributed by atoms with Crippen LogP contribution in [0.15, 0.2) is 182 Å². The van der Waals surface area contributed by atoms with Crippen LogP contribution in [0.5, 0.6) is 11.5 Å². The van der Waals surface area contributed by atoms with Crippen LogP contribution in [0.25, 0.3) is 45.8 Å². The Morgan fingerprint density at radius 3 is 1.09 bits per heavy atom. The first-order valence-corrected chi connectivity index (χ1v) is 24.2. The molecule has 11 rings (SSSR count). The van der Waals surface area contributed by atoms with Gasteiger partial charge in [0.25, 0.3) is 0 Å². The van der Waals surface area contributed by atoms with Crippen LogP contribution >= 0.6 is 0 Å². The number of nitrogens with zero attached hydrogens (tertiary/aromatic N) is 2. The predicted molar refractivity (Wildman–Crippen MR) is 288 cm³/mol. The number of fused-ring (bicyclic) bond motifs is 4. The van der Waals surface area contributed by atoms with Crippen molar-refractivity contribution in [3.63, 3.8) is 0 Å². The van der Waals surface area contributed by atoms with Gasteiger partial charge in [-0.3, -0.25) is 0 Å². The van der Waals surface area contributed by atoms with E-state index in [0.29, 0.717) is 0 Å². The Morgan fingerprint density at radius 1 is 0.338 bits per heavy atom. The van der Waals surface area contributed by atoms with Gasteiger partial charge in [-0.2, -0.15) is 0 Å². The molecule has 9 aromatic carbocycles. The van der Waals surface area contributed by atoms with E-state index in [9.17, 15) is 0 Å². The van der Waals surface area contributed by atoms with E-state index in [0.717, 1.165) is 71.1 Å². The molecule has 0 heterocycles. The maximum Gasteiger partial charge on any atom is 0.119 e. The largest absolute Gasteiger partial charge is 0.497 e. The number of benzene rings is 9. The van der Waals surface area contributed by atoms with Crippen LogP contribution in [0, 0.1) is 0 Å². The van der Waals surface area contributed by atoms with Crippen LogP contribution in [0.1, 0.15) is 70.2 Å². The molecule has 0 saturated heterocycles. The SMILES string of the molecule is COc1ccc(N(c2ccc(C=Cc3ccc4cc5cc(C=Cc6ccc(N(c7ccc(OC)cc7)c7cccc8c7CCCC8)cc6)ccc5cc4c3)cc2)c2cccc3c2CCCC3)cc1. The van der Waals surface area contributed by atoms with Crippen LogP contribution in [-0.2, 0) is 25.7 Å². The van der Waals surface area contributed by atoms with Gasteiger partial charge in [-0.15, -0.1) is 0 Å². The van der Waals surface area contributed by atoms with Gasteiger partial charge >= 0.3 is 0 Å². The monoisotopic (exact) mass is 884 g/mol. The van der Waals surface area contributed by atoms with Crippen LogP contribution in [0.4, 0.5) is 34.1 Å². The Kier molecular flexibility index (Phi) is 12.1. The molecule has 0 spiro atoms. The summed E-state index contributed by atoms with van der Waals surface area (Å²) in [5.41, 5.74) is 17.6. The number of anilines is 6. The van der Waals surface area contributed by atoms with Gasteiger partial charge in [0.15, 0.2) is 0 Å². The smallest absolute Gasteiger partial charge is 0.119 e. The van der Waals surface area contributed by atoms with Crippen LogP contribution in [0.2, 0.25) is 0 Å². The number of hydrogen-bond acceptors (Lipinski definition) is 4. The summed E-state index contributed by atoms with van der Waals surface area (Å²) >= 11 is 0. The fraction of sp³-hybridized carbons (Fsp3) is 0.156. The van der Waals surface area contributed by atoms with E-state index in [1.807, 2.05) is 24.3 Å². The minimum Gasteiger partial charge on any atom is -0.497 e. The van der Waals surface area contributed by atoms with Gasteiger partial charge in [0.1, 0.15) is 11.5 Å². The second-order valence-electron chi connectivity index (χ2n) is 18.2. The lowest BCUT2D eigenvalue weighted by molar-refractivity contribution is 0.414. The van der Waals surface area contributed by atoms with Gasteiger partial charge in [0.05, 0.1) is 14.2 Å². The van der Waals surface area contributed by atoms with E-state index < -0.39 is 0 Å². The fourth-order valence-corrected chi connectivity index (χ4v) is 10.4. The average molecular weight is 885 g/mol. The first-order valence-electron chi connectivity index (χ1n) is 24.2. The Bertz CT molecular complexity index is 3070. The van der Waals surface area contributed by atoms with E-state index in [1.54, 1.807) is 14.2 Å². The molecule has 0 N–H and O–H groups in total. The Balaban J connectivity index is 0.803. The molecule has 9 aromatic rings. The van der Waals surface area contributed by atoms with Crippen molar-refractivity contribution in [2.75, 3.05) is 24.0 Å². The van der Waals surface area contributed by atoms with Gasteiger partial charge < -0.3 is 19.3 Å². The van der Waals surface area contributed by atoms with Gasteiger partial charge in [-0.1, -0.05) is 97.1 Å². The van der Waals surface area contributed by atoms with Crippen molar-refractivity contribution < 1.29 is 9.47 Å². The summed E-state index contributed by atoms with van der Waals surface area (Å²) in [4.78, 5) is 4.80. The van der Waals surface area contributed by atoms with Crippen molar-refractivity contribution >= 4 is 80.0 Å². The lowest BCUT2D eigenvalue weighted by Gasteiger charge is -2.30. The van der Waals surface area contributed by atoms with Crippen LogP contribution in [-0.4, -0.2) is 14.2 Å². The molecule has 0 amide bonds. The summed E-state index contributed by atoms with van der Waals surface area (Å²) in [6.45, 7) is 0. The van der Waals surface area contributed by atoms with E-state index in [-0.39, 0.29) is 0 Å². The molecule has 0 saturated carbocycles. The van der Waals surface area contributed by atoms with E-state index in [1.165, 1.54) is 92.0 Å². The number of ether oxygens (including phenoxy) is 2. The van der Waals surface area contributed by atoms with Gasteiger partial charge in [-0.25, -0.2) is 0 Å². The minimum atomic E-state index is 0.859. The zero-order valence-corrected chi connectivity index (χ0v) is 39.0. The summed E-state index contributed by atoms with van der Waals surface area (Å²) in [6, 6.07) is 66.4. The third kappa shape index (κ3) is 8.90. The third-order valence-electron chi connectivity index (χ3n) is 14.0. The standard InChI is InChI=1S/C64H56N2O2/c1-67-59-37-33-57(34-38-59)65(63-15-7-11-49-9-3-5-13-61(49)63)55-29-23-45(24-30-55)17-19-47-21-27-51-44-54-42-48(22-28-52(54)43-53(51)41-47)20-18-46-25-31-56(32-26-46)66(58-35-39-60(68-2)40-36-58)64-16-8-12-50-10-4-6-14-62(50)64/h7-8,11-12,15-44H,3-6,9-10,13-14H2,1-2H3. The highest BCUT2D eigenvalue weighted by Gasteiger charge is 2.22. The first kappa shape index (κ1) is 42.8. The van der Waals surface area contributed by atoms with Gasteiger partial charge in [0, 0.05) is 34.1 Å². The molecule has 0 unspecified atom stereocenters. The molecule has 0 fully saturated rings. The van der Waals surface area contributed by atoms with Crippen LogP contribution in [0.3, 0.4) is 0 Å². The lowest BCUT2D eigenvalue weighted by Crippen LogP contribution is -2.15. The van der Waals surface area contributed by atoms with Crippen molar-refractivity contribution in [2.24, 2.45) is 0 Å². The third-order valence-corrected chi connectivity index (χ3v) is 14.0. The Labute approximate surface area is 401 Å². The first-order chi connectivity index (χ1) is 33.6. The van der Waals surface area contributed by atoms with Crippen molar-refractivity contribution in [2.45, 2.75) is 51.4 Å². The molecule has 2 aliphatic rings. The zero-order valence-electron chi connectivity index (χ0n) is 39.0. The number of hydrogen-bond donors (Lipinski definition) is 0. The molecule has 0 atom stereocenters. The molecule has 4 heteroatoms. The fourth-order valence-electron chi connectivity index (χ4n) is 10.4.